The van der Waals surface area contributed by atoms with Gasteiger partial charge in [-0.05, 0) is 38.6 Å². The molecule has 0 saturated carbocycles. The fraction of sp³-hybridized carbons (Fsp3) is 0.300. The van der Waals surface area contributed by atoms with Crippen LogP contribution in [0.1, 0.15) is 28.8 Å². The van der Waals surface area contributed by atoms with Gasteiger partial charge in [-0.25, -0.2) is 0 Å². The number of benzene rings is 2. The molecule has 2 aromatic carbocycles. The summed E-state index contributed by atoms with van der Waals surface area (Å²) in [5.41, 5.74) is 1.74. The first kappa shape index (κ1) is 16.4. The standard InChI is InChI=1S/C20H22N2O2/c1-22-13-7-10-16(14-22)20(24)21-18-12-6-5-11-17(18)19(23)15-8-3-2-4-9-15/h2-6,8-9,11-12,16H,7,10,13-14H2,1H3,(H,21,24). The first-order chi connectivity index (χ1) is 11.6. The number of hydrogen-bond acceptors (Lipinski definition) is 3. The molecule has 1 saturated heterocycles. The number of anilines is 1. The first-order valence-corrected chi connectivity index (χ1v) is 8.33. The molecule has 0 bridgehead atoms. The number of amides is 1. The zero-order valence-electron chi connectivity index (χ0n) is 13.9. The van der Waals surface area contributed by atoms with Crippen molar-refractivity contribution in [2.45, 2.75) is 12.8 Å². The number of rotatable bonds is 4. The van der Waals surface area contributed by atoms with Crippen molar-refractivity contribution in [3.8, 4) is 0 Å². The van der Waals surface area contributed by atoms with Crippen molar-refractivity contribution in [2.75, 3.05) is 25.5 Å². The molecular formula is C20H22N2O2. The lowest BCUT2D eigenvalue weighted by Crippen LogP contribution is -2.38. The minimum absolute atomic E-state index is 0.00476. The van der Waals surface area contributed by atoms with Crippen molar-refractivity contribution in [3.63, 3.8) is 0 Å². The van der Waals surface area contributed by atoms with Crippen LogP contribution in [0.2, 0.25) is 0 Å². The van der Waals surface area contributed by atoms with Gasteiger partial charge in [0, 0.05) is 17.7 Å². The van der Waals surface area contributed by atoms with Crippen molar-refractivity contribution in [1.82, 2.24) is 4.90 Å². The highest BCUT2D eigenvalue weighted by atomic mass is 16.2. The molecule has 0 aliphatic carbocycles. The Bertz CT molecular complexity index is 727. The average Bonchev–Trinajstić information content (AvgIpc) is 2.62. The summed E-state index contributed by atoms with van der Waals surface area (Å²) in [5, 5.41) is 2.97. The lowest BCUT2D eigenvalue weighted by molar-refractivity contribution is -0.121. The monoisotopic (exact) mass is 322 g/mol. The van der Waals surface area contributed by atoms with Crippen LogP contribution >= 0.6 is 0 Å². The van der Waals surface area contributed by atoms with Gasteiger partial charge in [0.1, 0.15) is 0 Å². The molecule has 0 radical (unpaired) electrons. The van der Waals surface area contributed by atoms with E-state index in [9.17, 15) is 9.59 Å². The number of likely N-dealkylation sites (tertiary alicyclic amines) is 1. The smallest absolute Gasteiger partial charge is 0.228 e. The maximum absolute atomic E-state index is 12.7. The topological polar surface area (TPSA) is 49.4 Å². The summed E-state index contributed by atoms with van der Waals surface area (Å²) in [6, 6.07) is 16.3. The molecule has 3 rings (SSSR count). The summed E-state index contributed by atoms with van der Waals surface area (Å²) in [6.45, 7) is 1.80. The Balaban J connectivity index is 1.79. The Hall–Kier alpha value is -2.46. The van der Waals surface area contributed by atoms with E-state index in [1.165, 1.54) is 0 Å². The Labute approximate surface area is 142 Å². The SMILES string of the molecule is CN1CCCC(C(=O)Nc2ccccc2C(=O)c2ccccc2)C1. The molecule has 1 amide bonds. The van der Waals surface area contributed by atoms with Gasteiger partial charge in [0.25, 0.3) is 0 Å². The molecule has 124 valence electrons. The molecule has 1 unspecified atom stereocenters. The third-order valence-electron chi connectivity index (χ3n) is 4.46. The molecule has 0 aromatic heterocycles. The summed E-state index contributed by atoms with van der Waals surface area (Å²) in [6.07, 6.45) is 1.92. The third kappa shape index (κ3) is 3.71. The zero-order chi connectivity index (χ0) is 16.9. The second-order valence-corrected chi connectivity index (χ2v) is 6.33. The minimum atomic E-state index is -0.0766. The predicted molar refractivity (Wildman–Crippen MR) is 95.2 cm³/mol. The number of para-hydroxylation sites is 1. The van der Waals surface area contributed by atoms with Gasteiger partial charge < -0.3 is 10.2 Å². The molecule has 4 nitrogen and oxygen atoms in total. The third-order valence-corrected chi connectivity index (χ3v) is 4.46. The maximum Gasteiger partial charge on any atom is 0.228 e. The summed E-state index contributed by atoms with van der Waals surface area (Å²) < 4.78 is 0. The number of hydrogen-bond donors (Lipinski definition) is 1. The number of ketones is 1. The van der Waals surface area contributed by atoms with Crippen molar-refractivity contribution in [2.24, 2.45) is 5.92 Å². The van der Waals surface area contributed by atoms with E-state index in [0.717, 1.165) is 25.9 Å². The summed E-state index contributed by atoms with van der Waals surface area (Å²) in [5.74, 6) is -0.106. The maximum atomic E-state index is 12.7. The van der Waals surface area contributed by atoms with Gasteiger partial charge in [0.2, 0.25) is 5.91 Å². The van der Waals surface area contributed by atoms with Crippen LogP contribution in [0.25, 0.3) is 0 Å². The molecule has 24 heavy (non-hydrogen) atoms. The fourth-order valence-corrected chi connectivity index (χ4v) is 3.15. The van der Waals surface area contributed by atoms with Gasteiger partial charge >= 0.3 is 0 Å². The first-order valence-electron chi connectivity index (χ1n) is 8.33. The van der Waals surface area contributed by atoms with Crippen LogP contribution in [0.4, 0.5) is 5.69 Å². The van der Waals surface area contributed by atoms with Crippen LogP contribution in [-0.4, -0.2) is 36.7 Å². The van der Waals surface area contributed by atoms with E-state index in [2.05, 4.69) is 10.2 Å². The normalized spacial score (nSPS) is 18.1. The van der Waals surface area contributed by atoms with E-state index in [-0.39, 0.29) is 17.6 Å². The fourth-order valence-electron chi connectivity index (χ4n) is 3.15. The Kier molecular flexibility index (Phi) is 5.06. The van der Waals surface area contributed by atoms with Gasteiger partial charge in [-0.1, -0.05) is 42.5 Å². The second-order valence-electron chi connectivity index (χ2n) is 6.33. The van der Waals surface area contributed by atoms with E-state index in [1.807, 2.05) is 37.4 Å². The highest BCUT2D eigenvalue weighted by Gasteiger charge is 2.25. The minimum Gasteiger partial charge on any atom is -0.325 e. The van der Waals surface area contributed by atoms with E-state index in [1.54, 1.807) is 24.3 Å². The molecular weight excluding hydrogens is 300 g/mol. The van der Waals surface area contributed by atoms with Crippen molar-refractivity contribution in [1.29, 1.82) is 0 Å². The van der Waals surface area contributed by atoms with Gasteiger partial charge in [0.05, 0.1) is 11.6 Å². The van der Waals surface area contributed by atoms with Gasteiger partial charge in [-0.15, -0.1) is 0 Å². The van der Waals surface area contributed by atoms with Crippen LogP contribution in [0.15, 0.2) is 54.6 Å². The molecule has 1 fully saturated rings. The van der Waals surface area contributed by atoms with Gasteiger partial charge in [-0.2, -0.15) is 0 Å². The second kappa shape index (κ2) is 7.41. The van der Waals surface area contributed by atoms with Crippen LogP contribution in [0.3, 0.4) is 0 Å². The number of nitrogens with one attached hydrogen (secondary N) is 1. The highest BCUT2D eigenvalue weighted by Crippen LogP contribution is 2.22. The van der Waals surface area contributed by atoms with E-state index < -0.39 is 0 Å². The van der Waals surface area contributed by atoms with Crippen LogP contribution in [-0.2, 0) is 4.79 Å². The van der Waals surface area contributed by atoms with Crippen LogP contribution in [0.5, 0.6) is 0 Å². The summed E-state index contributed by atoms with van der Waals surface area (Å²) >= 11 is 0. The lowest BCUT2D eigenvalue weighted by Gasteiger charge is -2.28. The number of carbonyl (C=O) groups excluding carboxylic acids is 2. The predicted octanol–water partition coefficient (Wildman–Crippen LogP) is 3.20. The average molecular weight is 322 g/mol. The van der Waals surface area contributed by atoms with Crippen LogP contribution in [0, 0.1) is 5.92 Å². The van der Waals surface area contributed by atoms with Crippen molar-refractivity contribution < 1.29 is 9.59 Å². The number of nitrogens with zero attached hydrogens (tertiary/aromatic N) is 1. The Morgan fingerprint density at radius 2 is 1.75 bits per heavy atom. The summed E-state index contributed by atoms with van der Waals surface area (Å²) in [7, 11) is 2.03. The molecule has 2 aromatic rings. The zero-order valence-corrected chi connectivity index (χ0v) is 13.9. The van der Waals surface area contributed by atoms with Crippen molar-refractivity contribution in [3.05, 3.63) is 65.7 Å². The van der Waals surface area contributed by atoms with Crippen LogP contribution < -0.4 is 5.32 Å². The molecule has 0 spiro atoms. The highest BCUT2D eigenvalue weighted by molar-refractivity contribution is 6.13. The number of carbonyl (C=O) groups is 2. The molecule has 1 heterocycles. The molecule has 1 N–H and O–H groups in total. The molecule has 1 aliphatic heterocycles. The molecule has 1 atom stereocenters. The largest absolute Gasteiger partial charge is 0.325 e. The van der Waals surface area contributed by atoms with Gasteiger partial charge in [-0.3, -0.25) is 9.59 Å². The number of piperidine rings is 1. The van der Waals surface area contributed by atoms with E-state index >= 15 is 0 Å². The van der Waals surface area contributed by atoms with E-state index in [0.29, 0.717) is 16.8 Å². The molecule has 4 heteroatoms. The van der Waals surface area contributed by atoms with Gasteiger partial charge in [0.15, 0.2) is 5.78 Å². The van der Waals surface area contributed by atoms with E-state index in [4.69, 9.17) is 0 Å². The quantitative estimate of drug-likeness (QED) is 0.880. The Morgan fingerprint density at radius 3 is 2.50 bits per heavy atom. The molecule has 1 aliphatic rings. The lowest BCUT2D eigenvalue weighted by atomic mass is 9.96. The van der Waals surface area contributed by atoms with Crippen molar-refractivity contribution >= 4 is 17.4 Å². The Morgan fingerprint density at radius 1 is 1.04 bits per heavy atom. The summed E-state index contributed by atoms with van der Waals surface area (Å²) in [4.78, 5) is 27.5.